The van der Waals surface area contributed by atoms with Crippen molar-refractivity contribution in [2.75, 3.05) is 0 Å². The van der Waals surface area contributed by atoms with Gasteiger partial charge in [-0.1, -0.05) is 27.7 Å². The van der Waals surface area contributed by atoms with Gasteiger partial charge in [0, 0.05) is 23.4 Å². The Balaban J connectivity index is 1.80. The zero-order chi connectivity index (χ0) is 13.3. The highest BCUT2D eigenvalue weighted by Gasteiger charge is 2.69. The van der Waals surface area contributed by atoms with E-state index in [0.29, 0.717) is 18.0 Å². The maximum Gasteiger partial charge on any atom is 0.227 e. The van der Waals surface area contributed by atoms with Crippen LogP contribution in [0.1, 0.15) is 53.4 Å². The number of carbonyl (C=O) groups is 1. The molecule has 3 fully saturated rings. The summed E-state index contributed by atoms with van der Waals surface area (Å²) in [5, 5.41) is 0.284. The van der Waals surface area contributed by atoms with E-state index in [4.69, 9.17) is 11.6 Å². The summed E-state index contributed by atoms with van der Waals surface area (Å²) < 4.78 is 0. The lowest BCUT2D eigenvalue weighted by Crippen LogP contribution is -2.48. The van der Waals surface area contributed by atoms with Crippen LogP contribution in [0.15, 0.2) is 0 Å². The lowest BCUT2D eigenvalue weighted by atomic mass is 10.0. The van der Waals surface area contributed by atoms with Crippen molar-refractivity contribution in [2.45, 2.75) is 70.8 Å². The van der Waals surface area contributed by atoms with Crippen molar-refractivity contribution in [2.24, 2.45) is 16.7 Å². The van der Waals surface area contributed by atoms with Gasteiger partial charge in [0.25, 0.3) is 0 Å². The van der Waals surface area contributed by atoms with E-state index in [1.165, 1.54) is 0 Å². The van der Waals surface area contributed by atoms with Crippen LogP contribution >= 0.6 is 11.6 Å². The van der Waals surface area contributed by atoms with Gasteiger partial charge in [-0.15, -0.1) is 11.6 Å². The first-order valence-corrected chi connectivity index (χ1v) is 7.66. The van der Waals surface area contributed by atoms with Gasteiger partial charge in [0.05, 0.1) is 0 Å². The molecular weight excluding hydrogens is 246 g/mol. The highest BCUT2D eigenvalue weighted by atomic mass is 35.5. The molecule has 102 valence electrons. The van der Waals surface area contributed by atoms with Crippen molar-refractivity contribution in [3.8, 4) is 0 Å². The first-order chi connectivity index (χ1) is 8.26. The van der Waals surface area contributed by atoms with Crippen LogP contribution in [0, 0.1) is 16.7 Å². The summed E-state index contributed by atoms with van der Waals surface area (Å²) in [6, 6.07) is 0.844. The predicted molar refractivity (Wildman–Crippen MR) is 73.6 cm³/mol. The Morgan fingerprint density at radius 2 is 1.50 bits per heavy atom. The highest BCUT2D eigenvalue weighted by molar-refractivity contribution is 6.20. The van der Waals surface area contributed by atoms with E-state index in [2.05, 4.69) is 32.6 Å². The van der Waals surface area contributed by atoms with E-state index in [9.17, 15) is 4.79 Å². The van der Waals surface area contributed by atoms with Crippen molar-refractivity contribution in [1.29, 1.82) is 0 Å². The Hall–Kier alpha value is -0.240. The number of fused-ring (bicyclic) bond motifs is 2. The Bertz CT molecular complexity index is 362. The first kappa shape index (κ1) is 12.8. The van der Waals surface area contributed by atoms with Crippen LogP contribution in [-0.4, -0.2) is 28.3 Å². The molecule has 0 aromatic heterocycles. The van der Waals surface area contributed by atoms with Crippen LogP contribution in [0.2, 0.25) is 0 Å². The summed E-state index contributed by atoms with van der Waals surface area (Å²) >= 11 is 6.29. The van der Waals surface area contributed by atoms with Crippen molar-refractivity contribution in [3.05, 3.63) is 0 Å². The number of carbonyl (C=O) groups excluding carboxylic acids is 1. The molecule has 2 unspecified atom stereocenters. The molecule has 0 spiro atoms. The third-order valence-electron chi connectivity index (χ3n) is 6.20. The molecule has 0 radical (unpaired) electrons. The van der Waals surface area contributed by atoms with E-state index in [-0.39, 0.29) is 22.1 Å². The van der Waals surface area contributed by atoms with Crippen molar-refractivity contribution < 1.29 is 4.79 Å². The zero-order valence-electron chi connectivity index (χ0n) is 11.9. The predicted octanol–water partition coefficient (Wildman–Crippen LogP) is 3.43. The maximum atomic E-state index is 12.8. The maximum absolute atomic E-state index is 12.8. The standard InChI is InChI=1S/C15H24ClNO/c1-14(2)12(15(14,3)4)13(18)17-10-5-6-11(17)8-9(16)7-10/h9-12H,5-8H2,1-4H3. The van der Waals surface area contributed by atoms with E-state index in [1.807, 2.05) is 0 Å². The molecule has 1 amide bonds. The van der Waals surface area contributed by atoms with Crippen LogP contribution in [0.25, 0.3) is 0 Å². The number of nitrogens with zero attached hydrogens (tertiary/aromatic N) is 1. The van der Waals surface area contributed by atoms with E-state index in [1.54, 1.807) is 0 Å². The smallest absolute Gasteiger partial charge is 0.227 e. The molecule has 3 heteroatoms. The number of amides is 1. The van der Waals surface area contributed by atoms with E-state index in [0.717, 1.165) is 25.7 Å². The van der Waals surface area contributed by atoms with E-state index >= 15 is 0 Å². The minimum atomic E-state index is 0.154. The van der Waals surface area contributed by atoms with Crippen LogP contribution in [0.3, 0.4) is 0 Å². The summed E-state index contributed by atoms with van der Waals surface area (Å²) in [5.41, 5.74) is 0.308. The Morgan fingerprint density at radius 1 is 1.06 bits per heavy atom. The van der Waals surface area contributed by atoms with Gasteiger partial charge in [-0.25, -0.2) is 0 Å². The molecule has 2 nitrogen and oxygen atoms in total. The second-order valence-corrected chi connectivity index (χ2v) is 8.19. The molecule has 2 atom stereocenters. The average Bonchev–Trinajstić information content (AvgIpc) is 2.50. The van der Waals surface area contributed by atoms with Crippen molar-refractivity contribution >= 4 is 17.5 Å². The Labute approximate surface area is 115 Å². The molecule has 3 rings (SSSR count). The number of rotatable bonds is 1. The normalized spacial score (nSPS) is 40.9. The van der Waals surface area contributed by atoms with Gasteiger partial charge in [0.1, 0.15) is 0 Å². The molecule has 2 aliphatic heterocycles. The van der Waals surface area contributed by atoms with Gasteiger partial charge in [0.2, 0.25) is 5.91 Å². The summed E-state index contributed by atoms with van der Waals surface area (Å²) in [7, 11) is 0. The molecule has 2 heterocycles. The summed E-state index contributed by atoms with van der Waals surface area (Å²) in [4.78, 5) is 15.1. The molecule has 0 aromatic carbocycles. The fourth-order valence-corrected chi connectivity index (χ4v) is 4.84. The lowest BCUT2D eigenvalue weighted by molar-refractivity contribution is -0.138. The minimum Gasteiger partial charge on any atom is -0.336 e. The number of piperidine rings is 1. The Morgan fingerprint density at radius 3 is 1.89 bits per heavy atom. The molecule has 1 aliphatic carbocycles. The van der Waals surface area contributed by atoms with Crippen LogP contribution in [0.4, 0.5) is 0 Å². The second kappa shape index (κ2) is 3.65. The molecule has 3 aliphatic rings. The molecule has 2 bridgehead atoms. The lowest BCUT2D eigenvalue weighted by Gasteiger charge is -2.37. The molecule has 0 N–H and O–H groups in total. The molecule has 18 heavy (non-hydrogen) atoms. The zero-order valence-corrected chi connectivity index (χ0v) is 12.6. The summed E-state index contributed by atoms with van der Waals surface area (Å²) in [6.45, 7) is 8.91. The third-order valence-corrected chi connectivity index (χ3v) is 6.55. The van der Waals surface area contributed by atoms with Gasteiger partial charge in [-0.3, -0.25) is 4.79 Å². The Kier molecular flexibility index (Phi) is 2.59. The molecular formula is C15H24ClNO. The van der Waals surface area contributed by atoms with Gasteiger partial charge in [-0.05, 0) is 36.5 Å². The third kappa shape index (κ3) is 1.51. The number of hydrogen-bond donors (Lipinski definition) is 0. The monoisotopic (exact) mass is 269 g/mol. The first-order valence-electron chi connectivity index (χ1n) is 7.23. The number of alkyl halides is 1. The summed E-state index contributed by atoms with van der Waals surface area (Å²) in [6.07, 6.45) is 4.31. The van der Waals surface area contributed by atoms with Gasteiger partial charge < -0.3 is 4.90 Å². The second-order valence-electron chi connectivity index (χ2n) is 7.58. The van der Waals surface area contributed by atoms with Crippen molar-refractivity contribution in [3.63, 3.8) is 0 Å². The van der Waals surface area contributed by atoms with E-state index < -0.39 is 0 Å². The molecule has 0 aromatic rings. The number of hydrogen-bond acceptors (Lipinski definition) is 1. The largest absolute Gasteiger partial charge is 0.336 e. The highest BCUT2D eigenvalue weighted by Crippen LogP contribution is 2.69. The molecule has 2 saturated heterocycles. The van der Waals surface area contributed by atoms with Gasteiger partial charge >= 0.3 is 0 Å². The van der Waals surface area contributed by atoms with Crippen molar-refractivity contribution in [1.82, 2.24) is 4.90 Å². The van der Waals surface area contributed by atoms with Gasteiger partial charge in [-0.2, -0.15) is 0 Å². The van der Waals surface area contributed by atoms with Gasteiger partial charge in [0.15, 0.2) is 0 Å². The quantitative estimate of drug-likeness (QED) is 0.668. The summed E-state index contributed by atoms with van der Waals surface area (Å²) in [5.74, 6) is 0.612. The van der Waals surface area contributed by atoms with Crippen LogP contribution < -0.4 is 0 Å². The fourth-order valence-electron chi connectivity index (χ4n) is 4.43. The topological polar surface area (TPSA) is 20.3 Å². The fraction of sp³-hybridized carbons (Fsp3) is 0.933. The van der Waals surface area contributed by atoms with Crippen LogP contribution in [0.5, 0.6) is 0 Å². The van der Waals surface area contributed by atoms with Crippen LogP contribution in [-0.2, 0) is 4.79 Å². The molecule has 1 saturated carbocycles. The minimum absolute atomic E-state index is 0.154. The SMILES string of the molecule is CC1(C)C(C(=O)N2C3CCC2CC(Cl)C3)C1(C)C. The average molecular weight is 270 g/mol. The number of halogens is 1.